The van der Waals surface area contributed by atoms with Crippen LogP contribution >= 0.6 is 15.6 Å². The fourth-order valence-electron chi connectivity index (χ4n) is 7.03. The highest BCUT2D eigenvalue weighted by molar-refractivity contribution is 7.47. The Bertz CT molecular complexity index is 1350. The number of aliphatic hydroxyl groups is 4. The van der Waals surface area contributed by atoms with E-state index in [9.17, 15) is 44.0 Å². The molecule has 16 nitrogen and oxygen atoms in total. The van der Waals surface area contributed by atoms with Crippen LogP contribution in [0.3, 0.4) is 0 Å². The summed E-state index contributed by atoms with van der Waals surface area (Å²) in [4.78, 5) is 54.0. The standard InChI is InChI=1S/C45H82O16P2/c1-3-5-7-9-11-13-15-17-19-21-23-25-27-29-31-33-38(46)57-35-37(59-39(47)34-32-30-28-26-24-22-20-18-16-14-12-10-8-6-4-2)36-58-63(55,56)61-45-42(50)40(48)44(41(49)43(45)51)60-62(52,53)54/h12,14,18,20,24,26,37,40-45,48-51H,3-11,13,15-17,19,21-23,25,27-36H2,1-2H3,(H,55,56)(H2,52,53,54)/b14-12-,20-18-,26-24-/t37-,40-,41+,42-,43-,44?,45?/m1/s1. The van der Waals surface area contributed by atoms with E-state index in [2.05, 4.69) is 48.8 Å². The van der Waals surface area contributed by atoms with Crippen LogP contribution in [0, 0.1) is 0 Å². The molecule has 0 aromatic rings. The summed E-state index contributed by atoms with van der Waals surface area (Å²) in [7, 11) is -10.6. The molecule has 0 aromatic carbocycles. The van der Waals surface area contributed by atoms with Crippen molar-refractivity contribution in [2.75, 3.05) is 13.2 Å². The molecule has 8 atom stereocenters. The number of unbranched alkanes of at least 4 members (excludes halogenated alkanes) is 19. The molecular formula is C45H82O16P2. The number of hydrogen-bond acceptors (Lipinski definition) is 13. The van der Waals surface area contributed by atoms with Crippen LogP contribution in [0.15, 0.2) is 36.5 Å². The molecule has 1 fully saturated rings. The van der Waals surface area contributed by atoms with Gasteiger partial charge in [-0.25, -0.2) is 9.13 Å². The highest BCUT2D eigenvalue weighted by atomic mass is 31.2. The Kier molecular flexibility index (Phi) is 34.2. The first-order valence-electron chi connectivity index (χ1n) is 23.5. The zero-order valence-electron chi connectivity index (χ0n) is 38.0. The Morgan fingerprint density at radius 2 is 0.889 bits per heavy atom. The molecule has 18 heteroatoms. The molecule has 1 saturated carbocycles. The molecule has 1 rings (SSSR count). The molecule has 0 heterocycles. The average Bonchev–Trinajstić information content (AvgIpc) is 3.23. The lowest BCUT2D eigenvalue weighted by molar-refractivity contribution is -0.216. The van der Waals surface area contributed by atoms with Gasteiger partial charge in [0, 0.05) is 12.8 Å². The van der Waals surface area contributed by atoms with Crippen LogP contribution < -0.4 is 0 Å². The van der Waals surface area contributed by atoms with Crippen molar-refractivity contribution in [1.82, 2.24) is 0 Å². The predicted octanol–water partition coefficient (Wildman–Crippen LogP) is 8.73. The molecule has 1 aliphatic carbocycles. The highest BCUT2D eigenvalue weighted by Crippen LogP contribution is 2.48. The number of phosphoric acid groups is 2. The van der Waals surface area contributed by atoms with Crippen LogP contribution in [0.4, 0.5) is 0 Å². The van der Waals surface area contributed by atoms with Crippen LogP contribution in [0.25, 0.3) is 0 Å². The van der Waals surface area contributed by atoms with Crippen molar-refractivity contribution in [2.45, 2.75) is 224 Å². The number of carbonyl (C=O) groups is 2. The van der Waals surface area contributed by atoms with Crippen LogP contribution in [0.5, 0.6) is 0 Å². The molecule has 1 aliphatic rings. The Labute approximate surface area is 376 Å². The number of ether oxygens (including phenoxy) is 2. The minimum atomic E-state index is -5.31. The van der Waals surface area contributed by atoms with Gasteiger partial charge in [-0.2, -0.15) is 0 Å². The zero-order chi connectivity index (χ0) is 46.8. The summed E-state index contributed by atoms with van der Waals surface area (Å²) in [6.07, 6.45) is 24.0. The van der Waals surface area contributed by atoms with E-state index in [4.69, 9.17) is 28.3 Å². The SMILES string of the molecule is CCCCC/C=C\C/C=C\C/C=C\CCCCC(=O)O[C@H](COC(=O)CCCCCCCCCCCCCCCCC)COP(=O)(O)OC1[C@H](O)[C@H](O)C(OP(=O)(O)O)[C@H](O)[C@H]1O. The minimum absolute atomic E-state index is 0.00325. The van der Waals surface area contributed by atoms with Crippen LogP contribution in [0.2, 0.25) is 0 Å². The maximum absolute atomic E-state index is 12.9. The van der Waals surface area contributed by atoms with E-state index in [0.29, 0.717) is 19.3 Å². The average molecular weight is 941 g/mol. The second-order valence-corrected chi connectivity index (χ2v) is 19.1. The van der Waals surface area contributed by atoms with Crippen molar-refractivity contribution in [2.24, 2.45) is 0 Å². The third-order valence-corrected chi connectivity index (χ3v) is 12.2. The number of hydrogen-bond donors (Lipinski definition) is 7. The van der Waals surface area contributed by atoms with Gasteiger partial charge in [0.1, 0.15) is 43.2 Å². The molecule has 3 unspecified atom stereocenters. The molecule has 0 radical (unpaired) electrons. The summed E-state index contributed by atoms with van der Waals surface area (Å²) in [5.41, 5.74) is 0. The Morgan fingerprint density at radius 1 is 0.508 bits per heavy atom. The molecule has 7 N–H and O–H groups in total. The lowest BCUT2D eigenvalue weighted by Crippen LogP contribution is -2.64. The second kappa shape index (κ2) is 36.4. The number of allylic oxidation sites excluding steroid dienone is 6. The Balaban J connectivity index is 2.60. The maximum Gasteiger partial charge on any atom is 0.472 e. The number of carbonyl (C=O) groups excluding carboxylic acids is 2. The number of esters is 2. The van der Waals surface area contributed by atoms with Crippen LogP contribution in [0.1, 0.15) is 181 Å². The van der Waals surface area contributed by atoms with Crippen LogP contribution in [-0.4, -0.2) is 103 Å². The highest BCUT2D eigenvalue weighted by Gasteiger charge is 2.54. The van der Waals surface area contributed by atoms with E-state index in [1.165, 1.54) is 83.5 Å². The smallest absolute Gasteiger partial charge is 0.462 e. The first-order chi connectivity index (χ1) is 30.1. The van der Waals surface area contributed by atoms with Crippen molar-refractivity contribution >= 4 is 27.6 Å². The van der Waals surface area contributed by atoms with Crippen molar-refractivity contribution in [3.05, 3.63) is 36.5 Å². The largest absolute Gasteiger partial charge is 0.472 e. The van der Waals surface area contributed by atoms with Crippen LogP contribution in [-0.2, 0) is 41.8 Å². The molecule has 0 bridgehead atoms. The van der Waals surface area contributed by atoms with Crippen molar-refractivity contribution in [1.29, 1.82) is 0 Å². The number of phosphoric ester groups is 2. The minimum Gasteiger partial charge on any atom is -0.462 e. The lowest BCUT2D eigenvalue weighted by Gasteiger charge is -2.43. The molecule has 0 aromatic heterocycles. The van der Waals surface area contributed by atoms with E-state index >= 15 is 0 Å². The van der Waals surface area contributed by atoms with E-state index < -0.39 is 83.5 Å². The van der Waals surface area contributed by atoms with Gasteiger partial charge in [-0.05, 0) is 51.4 Å². The van der Waals surface area contributed by atoms with Gasteiger partial charge in [0.25, 0.3) is 0 Å². The Morgan fingerprint density at radius 3 is 1.37 bits per heavy atom. The summed E-state index contributed by atoms with van der Waals surface area (Å²) in [6.45, 7) is 3.08. The number of rotatable bonds is 39. The van der Waals surface area contributed by atoms with Gasteiger partial charge in [0.15, 0.2) is 6.10 Å². The molecule has 0 aliphatic heterocycles. The van der Waals surface area contributed by atoms with Crippen molar-refractivity contribution < 1.29 is 76.9 Å². The molecule has 0 saturated heterocycles. The van der Waals surface area contributed by atoms with Crippen molar-refractivity contribution in [3.63, 3.8) is 0 Å². The van der Waals surface area contributed by atoms with Gasteiger partial charge >= 0.3 is 27.6 Å². The molecule has 0 amide bonds. The van der Waals surface area contributed by atoms with Gasteiger partial charge < -0.3 is 44.6 Å². The summed E-state index contributed by atoms with van der Waals surface area (Å²) < 4.78 is 49.1. The third-order valence-electron chi connectivity index (χ3n) is 10.7. The maximum atomic E-state index is 12.9. The molecular weight excluding hydrogens is 858 g/mol. The predicted molar refractivity (Wildman–Crippen MR) is 241 cm³/mol. The first-order valence-corrected chi connectivity index (χ1v) is 26.6. The zero-order valence-corrected chi connectivity index (χ0v) is 39.8. The fourth-order valence-corrected chi connectivity index (χ4v) is 8.57. The fraction of sp³-hybridized carbons (Fsp3) is 0.822. The van der Waals surface area contributed by atoms with E-state index in [1.807, 2.05) is 6.08 Å². The van der Waals surface area contributed by atoms with E-state index in [1.54, 1.807) is 0 Å². The van der Waals surface area contributed by atoms with Gasteiger partial charge in [-0.15, -0.1) is 0 Å². The summed E-state index contributed by atoms with van der Waals surface area (Å²) >= 11 is 0. The van der Waals surface area contributed by atoms with Gasteiger partial charge in [0.2, 0.25) is 0 Å². The molecule has 63 heavy (non-hydrogen) atoms. The Hall–Kier alpha value is -1.78. The van der Waals surface area contributed by atoms with E-state index in [-0.39, 0.29) is 12.8 Å². The monoisotopic (exact) mass is 941 g/mol. The van der Waals surface area contributed by atoms with Gasteiger partial charge in [0.05, 0.1) is 6.61 Å². The third kappa shape index (κ3) is 30.9. The molecule has 368 valence electrons. The normalized spacial score (nSPS) is 22.2. The summed E-state index contributed by atoms with van der Waals surface area (Å²) in [5, 5.41) is 41.4. The molecule has 0 spiro atoms. The second-order valence-electron chi connectivity index (χ2n) is 16.5. The quantitative estimate of drug-likeness (QED) is 0.0132. The first kappa shape index (κ1) is 59.2. The summed E-state index contributed by atoms with van der Waals surface area (Å²) in [5.74, 6) is -1.23. The number of aliphatic hydroxyl groups excluding tert-OH is 4. The van der Waals surface area contributed by atoms with Gasteiger partial charge in [-0.3, -0.25) is 23.2 Å². The van der Waals surface area contributed by atoms with Gasteiger partial charge in [-0.1, -0.05) is 153 Å². The summed E-state index contributed by atoms with van der Waals surface area (Å²) in [6, 6.07) is 0. The lowest BCUT2D eigenvalue weighted by atomic mass is 9.85. The van der Waals surface area contributed by atoms with Crippen molar-refractivity contribution in [3.8, 4) is 0 Å². The van der Waals surface area contributed by atoms with E-state index in [0.717, 1.165) is 51.4 Å². The topological polar surface area (TPSA) is 256 Å².